The molecule has 116 valence electrons. The third-order valence-corrected chi connectivity index (χ3v) is 4.07. The van der Waals surface area contributed by atoms with Gasteiger partial charge < -0.3 is 15.4 Å². The van der Waals surface area contributed by atoms with E-state index in [1.54, 1.807) is 0 Å². The average Bonchev–Trinajstić information content (AvgIpc) is 2.47. The van der Waals surface area contributed by atoms with E-state index in [1.165, 1.54) is 0 Å². The number of morpholine rings is 1. The van der Waals surface area contributed by atoms with Crippen molar-refractivity contribution in [2.45, 2.75) is 51.3 Å². The first-order valence-corrected chi connectivity index (χ1v) is 7.69. The summed E-state index contributed by atoms with van der Waals surface area (Å²) in [4.78, 5) is 14.5. The van der Waals surface area contributed by atoms with Crippen LogP contribution in [0.4, 0.5) is 0 Å². The number of benzene rings is 1. The van der Waals surface area contributed by atoms with Crippen LogP contribution in [0.25, 0.3) is 0 Å². The summed E-state index contributed by atoms with van der Waals surface area (Å²) in [6.07, 6.45) is 1.57. The van der Waals surface area contributed by atoms with E-state index < -0.39 is 6.04 Å². The number of nitrogens with zero attached hydrogens (tertiary/aromatic N) is 1. The average molecular weight is 290 g/mol. The summed E-state index contributed by atoms with van der Waals surface area (Å²) in [5, 5.41) is 0. The van der Waals surface area contributed by atoms with Gasteiger partial charge in [0, 0.05) is 0 Å². The third kappa shape index (κ3) is 3.63. The SMILES string of the molecule is CCCC(N)C(=O)N1CC(c2ccccc2)OCC1(C)C. The quantitative estimate of drug-likeness (QED) is 0.927. The highest BCUT2D eigenvalue weighted by Gasteiger charge is 2.39. The number of carbonyl (C=O) groups is 1. The van der Waals surface area contributed by atoms with Crippen molar-refractivity contribution in [2.75, 3.05) is 13.2 Å². The summed E-state index contributed by atoms with van der Waals surface area (Å²) in [7, 11) is 0. The Labute approximate surface area is 127 Å². The van der Waals surface area contributed by atoms with Gasteiger partial charge in [-0.1, -0.05) is 43.7 Å². The first kappa shape index (κ1) is 16.0. The fourth-order valence-corrected chi connectivity index (χ4v) is 2.74. The molecule has 1 aromatic carbocycles. The van der Waals surface area contributed by atoms with Crippen molar-refractivity contribution in [3.05, 3.63) is 35.9 Å². The molecule has 21 heavy (non-hydrogen) atoms. The van der Waals surface area contributed by atoms with Gasteiger partial charge in [0.25, 0.3) is 0 Å². The standard InChI is InChI=1S/C17H26N2O2/c1-4-8-14(18)16(20)19-11-15(21-12-17(19,2)3)13-9-6-5-7-10-13/h5-7,9-10,14-15H,4,8,11-12,18H2,1-3H3. The zero-order valence-electron chi connectivity index (χ0n) is 13.2. The lowest BCUT2D eigenvalue weighted by Crippen LogP contribution is -2.59. The van der Waals surface area contributed by atoms with Crippen LogP contribution in [0.5, 0.6) is 0 Å². The van der Waals surface area contributed by atoms with Crippen LogP contribution in [0.2, 0.25) is 0 Å². The first-order chi connectivity index (χ1) is 9.95. The molecule has 0 spiro atoms. The third-order valence-electron chi connectivity index (χ3n) is 4.07. The second-order valence-corrected chi connectivity index (χ2v) is 6.37. The molecule has 2 N–H and O–H groups in total. The zero-order chi connectivity index (χ0) is 15.5. The highest BCUT2D eigenvalue weighted by molar-refractivity contribution is 5.82. The van der Waals surface area contributed by atoms with Crippen LogP contribution in [0.1, 0.15) is 45.3 Å². The summed E-state index contributed by atoms with van der Waals surface area (Å²) >= 11 is 0. The van der Waals surface area contributed by atoms with Gasteiger partial charge in [0.1, 0.15) is 6.10 Å². The van der Waals surface area contributed by atoms with Gasteiger partial charge in [0.05, 0.1) is 24.7 Å². The molecule has 0 bridgehead atoms. The van der Waals surface area contributed by atoms with E-state index in [2.05, 4.69) is 0 Å². The molecule has 0 radical (unpaired) electrons. The van der Waals surface area contributed by atoms with E-state index in [9.17, 15) is 4.79 Å². The molecular formula is C17H26N2O2. The van der Waals surface area contributed by atoms with Crippen molar-refractivity contribution >= 4 is 5.91 Å². The van der Waals surface area contributed by atoms with Crippen LogP contribution >= 0.6 is 0 Å². The van der Waals surface area contributed by atoms with E-state index in [1.807, 2.05) is 56.0 Å². The number of ether oxygens (including phenoxy) is 1. The van der Waals surface area contributed by atoms with E-state index in [4.69, 9.17) is 10.5 Å². The number of hydrogen-bond acceptors (Lipinski definition) is 3. The Bertz CT molecular complexity index is 473. The fraction of sp³-hybridized carbons (Fsp3) is 0.588. The van der Waals surface area contributed by atoms with E-state index in [0.29, 0.717) is 13.2 Å². The lowest BCUT2D eigenvalue weighted by Gasteiger charge is -2.46. The second kappa shape index (κ2) is 6.58. The van der Waals surface area contributed by atoms with Crippen molar-refractivity contribution in [2.24, 2.45) is 5.73 Å². The van der Waals surface area contributed by atoms with Gasteiger partial charge in [0.15, 0.2) is 0 Å². The minimum Gasteiger partial charge on any atom is -0.369 e. The van der Waals surface area contributed by atoms with Crippen LogP contribution < -0.4 is 5.73 Å². The van der Waals surface area contributed by atoms with E-state index >= 15 is 0 Å². The Balaban J connectivity index is 2.15. The molecule has 1 aliphatic rings. The largest absolute Gasteiger partial charge is 0.369 e. The minimum absolute atomic E-state index is 0.0334. The van der Waals surface area contributed by atoms with Crippen LogP contribution in [0.15, 0.2) is 30.3 Å². The molecule has 0 aliphatic carbocycles. The predicted molar refractivity (Wildman–Crippen MR) is 83.8 cm³/mol. The lowest BCUT2D eigenvalue weighted by molar-refractivity contribution is -0.156. The first-order valence-electron chi connectivity index (χ1n) is 7.69. The number of carbonyl (C=O) groups excluding carboxylic acids is 1. The molecule has 1 saturated heterocycles. The van der Waals surface area contributed by atoms with Gasteiger partial charge in [-0.05, 0) is 25.8 Å². The van der Waals surface area contributed by atoms with Crippen molar-refractivity contribution in [3.63, 3.8) is 0 Å². The summed E-state index contributed by atoms with van der Waals surface area (Å²) in [5.74, 6) is 0.0334. The Morgan fingerprint density at radius 1 is 1.43 bits per heavy atom. The van der Waals surface area contributed by atoms with Crippen LogP contribution in [-0.2, 0) is 9.53 Å². The summed E-state index contributed by atoms with van der Waals surface area (Å²) in [5.41, 5.74) is 6.83. The summed E-state index contributed by atoms with van der Waals surface area (Å²) in [6.45, 7) is 7.20. The van der Waals surface area contributed by atoms with Crippen molar-refractivity contribution < 1.29 is 9.53 Å². The molecular weight excluding hydrogens is 264 g/mol. The molecule has 2 atom stereocenters. The molecule has 1 aromatic rings. The van der Waals surface area contributed by atoms with Crippen LogP contribution in [-0.4, -0.2) is 35.5 Å². The van der Waals surface area contributed by atoms with E-state index in [0.717, 1.165) is 18.4 Å². The number of amides is 1. The maximum Gasteiger partial charge on any atom is 0.240 e. The summed E-state index contributed by atoms with van der Waals surface area (Å²) in [6, 6.07) is 9.63. The molecule has 4 heteroatoms. The summed E-state index contributed by atoms with van der Waals surface area (Å²) < 4.78 is 5.96. The van der Waals surface area contributed by atoms with Gasteiger partial charge in [-0.25, -0.2) is 0 Å². The van der Waals surface area contributed by atoms with Gasteiger partial charge in [-0.3, -0.25) is 4.79 Å². The highest BCUT2D eigenvalue weighted by atomic mass is 16.5. The fourth-order valence-electron chi connectivity index (χ4n) is 2.74. The number of hydrogen-bond donors (Lipinski definition) is 1. The molecule has 1 amide bonds. The molecule has 1 fully saturated rings. The Morgan fingerprint density at radius 2 is 2.10 bits per heavy atom. The molecule has 1 aliphatic heterocycles. The molecule has 0 saturated carbocycles. The maximum atomic E-state index is 12.6. The monoisotopic (exact) mass is 290 g/mol. The van der Waals surface area contributed by atoms with Crippen molar-refractivity contribution in [3.8, 4) is 0 Å². The van der Waals surface area contributed by atoms with Gasteiger partial charge in [-0.15, -0.1) is 0 Å². The van der Waals surface area contributed by atoms with Crippen molar-refractivity contribution in [1.29, 1.82) is 0 Å². The van der Waals surface area contributed by atoms with Gasteiger partial charge >= 0.3 is 0 Å². The Morgan fingerprint density at radius 3 is 2.71 bits per heavy atom. The van der Waals surface area contributed by atoms with Gasteiger partial charge in [0.2, 0.25) is 5.91 Å². The Kier molecular flexibility index (Phi) is 5.01. The van der Waals surface area contributed by atoms with Gasteiger partial charge in [-0.2, -0.15) is 0 Å². The number of nitrogens with two attached hydrogens (primary N) is 1. The normalized spacial score (nSPS) is 22.9. The van der Waals surface area contributed by atoms with Crippen LogP contribution in [0, 0.1) is 0 Å². The van der Waals surface area contributed by atoms with Crippen LogP contribution in [0.3, 0.4) is 0 Å². The molecule has 1 heterocycles. The van der Waals surface area contributed by atoms with Crippen molar-refractivity contribution in [1.82, 2.24) is 4.90 Å². The highest BCUT2D eigenvalue weighted by Crippen LogP contribution is 2.30. The lowest BCUT2D eigenvalue weighted by atomic mass is 9.96. The van der Waals surface area contributed by atoms with E-state index in [-0.39, 0.29) is 17.6 Å². The zero-order valence-corrected chi connectivity index (χ0v) is 13.2. The number of rotatable bonds is 4. The molecule has 2 unspecified atom stereocenters. The topological polar surface area (TPSA) is 55.6 Å². The predicted octanol–water partition coefficient (Wildman–Crippen LogP) is 2.49. The second-order valence-electron chi connectivity index (χ2n) is 6.37. The molecule has 0 aromatic heterocycles. The molecule has 2 rings (SSSR count). The maximum absolute atomic E-state index is 12.6. The molecule has 4 nitrogen and oxygen atoms in total. The minimum atomic E-state index is -0.413. The Hall–Kier alpha value is -1.39. The smallest absolute Gasteiger partial charge is 0.240 e.